The molecular formula is C18H14N6. The van der Waals surface area contributed by atoms with Crippen molar-refractivity contribution < 1.29 is 0 Å². The van der Waals surface area contributed by atoms with Crippen LogP contribution in [0.25, 0.3) is 34.5 Å². The standard InChI is InChI=1S/C18H14N6/c1-5-15-19-11(1)9-12-2-6-17(20-12)24-18-8-4-14(22-18)10-13-3-7-16(21-13)23-15/h1-3,5-7,9-10H,4,8H2,(H,19,21,23)(H,20,22,24). The first-order valence-electron chi connectivity index (χ1n) is 7.88. The fourth-order valence-corrected chi connectivity index (χ4v) is 2.91. The zero-order valence-electron chi connectivity index (χ0n) is 12.8. The van der Waals surface area contributed by atoms with Crippen LogP contribution in [-0.4, -0.2) is 29.9 Å². The molecule has 0 spiro atoms. The normalized spacial score (nSPS) is 13.3. The lowest BCUT2D eigenvalue weighted by atomic mass is 10.3. The third kappa shape index (κ3) is 2.48. The van der Waals surface area contributed by atoms with Crippen molar-refractivity contribution in [1.82, 2.24) is 29.9 Å². The average molecular weight is 314 g/mol. The third-order valence-corrected chi connectivity index (χ3v) is 4.02. The number of nitrogens with one attached hydrogen (secondary N) is 2. The van der Waals surface area contributed by atoms with Crippen LogP contribution < -0.4 is 0 Å². The molecule has 2 N–H and O–H groups in total. The van der Waals surface area contributed by atoms with E-state index in [1.54, 1.807) is 0 Å². The van der Waals surface area contributed by atoms with Crippen molar-refractivity contribution in [2.75, 3.05) is 0 Å². The van der Waals surface area contributed by atoms with Crippen molar-refractivity contribution >= 4 is 34.5 Å². The topological polar surface area (TPSA) is 83.1 Å². The molecule has 3 aromatic rings. The summed E-state index contributed by atoms with van der Waals surface area (Å²) in [5.74, 6) is 1.54. The average Bonchev–Trinajstić information content (AvgIpc) is 3.32. The Morgan fingerprint density at radius 3 is 2.38 bits per heavy atom. The number of nitrogens with zero attached hydrogens (tertiary/aromatic N) is 4. The van der Waals surface area contributed by atoms with Gasteiger partial charge in [-0.1, -0.05) is 0 Å². The Labute approximate surface area is 137 Å². The first-order chi connectivity index (χ1) is 11.8. The van der Waals surface area contributed by atoms with E-state index in [0.29, 0.717) is 5.82 Å². The minimum Gasteiger partial charge on any atom is -0.340 e. The summed E-state index contributed by atoms with van der Waals surface area (Å²) < 4.78 is 0. The Hall–Kier alpha value is -3.28. The van der Waals surface area contributed by atoms with Gasteiger partial charge in [0.1, 0.15) is 17.1 Å². The molecule has 0 aromatic carbocycles. The Morgan fingerprint density at radius 2 is 1.50 bits per heavy atom. The second kappa shape index (κ2) is 5.13. The molecule has 0 unspecified atom stereocenters. The van der Waals surface area contributed by atoms with E-state index < -0.39 is 0 Å². The molecule has 5 heterocycles. The fraction of sp³-hybridized carbons (Fsp3) is 0.111. The third-order valence-electron chi connectivity index (χ3n) is 4.02. The number of fused-ring (bicyclic) bond motifs is 8. The fourth-order valence-electron chi connectivity index (χ4n) is 2.91. The van der Waals surface area contributed by atoms with Gasteiger partial charge in [-0.3, -0.25) is 0 Å². The second-order valence-corrected chi connectivity index (χ2v) is 5.86. The highest BCUT2D eigenvalue weighted by atomic mass is 15.0. The van der Waals surface area contributed by atoms with E-state index in [9.17, 15) is 0 Å². The number of rotatable bonds is 0. The van der Waals surface area contributed by atoms with Gasteiger partial charge in [0.25, 0.3) is 0 Å². The molecule has 0 fully saturated rings. The highest BCUT2D eigenvalue weighted by Crippen LogP contribution is 2.13. The highest BCUT2D eigenvalue weighted by molar-refractivity contribution is 5.72. The molecule has 6 heteroatoms. The number of aromatic amines is 2. The van der Waals surface area contributed by atoms with Gasteiger partial charge in [-0.2, -0.15) is 0 Å². The van der Waals surface area contributed by atoms with Crippen LogP contribution in [0.1, 0.15) is 23.0 Å². The molecule has 0 saturated heterocycles. The number of hydrogen-bond acceptors (Lipinski definition) is 4. The van der Waals surface area contributed by atoms with Gasteiger partial charge in [-0.15, -0.1) is 0 Å². The van der Waals surface area contributed by atoms with E-state index in [2.05, 4.69) is 29.9 Å². The summed E-state index contributed by atoms with van der Waals surface area (Å²) in [7, 11) is 0. The number of hydrogen-bond donors (Lipinski definition) is 2. The largest absolute Gasteiger partial charge is 0.340 e. The number of aryl methyl sites for hydroxylation is 2. The van der Waals surface area contributed by atoms with E-state index in [0.717, 1.165) is 52.4 Å². The van der Waals surface area contributed by atoms with Gasteiger partial charge in [-0.05, 0) is 55.0 Å². The maximum absolute atomic E-state index is 4.61. The molecule has 0 amide bonds. The smallest absolute Gasteiger partial charge is 0.154 e. The predicted molar refractivity (Wildman–Crippen MR) is 92.9 cm³/mol. The van der Waals surface area contributed by atoms with Crippen molar-refractivity contribution in [3.05, 3.63) is 59.4 Å². The molecule has 0 aliphatic carbocycles. The van der Waals surface area contributed by atoms with Crippen LogP contribution in [0.15, 0.2) is 36.4 Å². The molecule has 3 aromatic heterocycles. The summed E-state index contributed by atoms with van der Waals surface area (Å²) >= 11 is 0. The first-order valence-corrected chi connectivity index (χ1v) is 7.88. The van der Waals surface area contributed by atoms with Gasteiger partial charge in [0.15, 0.2) is 5.82 Å². The highest BCUT2D eigenvalue weighted by Gasteiger charge is 2.07. The molecule has 8 bridgehead atoms. The molecule has 0 atom stereocenters. The van der Waals surface area contributed by atoms with E-state index in [4.69, 9.17) is 0 Å². The van der Waals surface area contributed by atoms with Crippen molar-refractivity contribution in [2.24, 2.45) is 0 Å². The zero-order valence-corrected chi connectivity index (χ0v) is 12.8. The van der Waals surface area contributed by atoms with Gasteiger partial charge in [0.05, 0.1) is 5.69 Å². The van der Waals surface area contributed by atoms with Crippen molar-refractivity contribution in [3.8, 4) is 0 Å². The molecule has 2 aliphatic rings. The monoisotopic (exact) mass is 314 g/mol. The van der Waals surface area contributed by atoms with E-state index in [-0.39, 0.29) is 0 Å². The van der Waals surface area contributed by atoms with Gasteiger partial charge >= 0.3 is 0 Å². The minimum absolute atomic E-state index is 0.687. The van der Waals surface area contributed by atoms with Gasteiger partial charge in [0, 0.05) is 23.1 Å². The molecule has 0 radical (unpaired) electrons. The Balaban J connectivity index is 1.84. The van der Waals surface area contributed by atoms with Crippen LogP contribution in [0.4, 0.5) is 0 Å². The maximum atomic E-state index is 4.61. The maximum Gasteiger partial charge on any atom is 0.154 e. The molecule has 6 nitrogen and oxygen atoms in total. The van der Waals surface area contributed by atoms with Crippen LogP contribution in [-0.2, 0) is 12.8 Å². The van der Waals surface area contributed by atoms with Gasteiger partial charge in [0.2, 0.25) is 0 Å². The molecule has 24 heavy (non-hydrogen) atoms. The summed E-state index contributed by atoms with van der Waals surface area (Å²) in [6, 6.07) is 11.9. The van der Waals surface area contributed by atoms with E-state index in [1.165, 1.54) is 0 Å². The lowest BCUT2D eigenvalue weighted by molar-refractivity contribution is 0.977. The number of H-pyrrole nitrogens is 2. The second-order valence-electron chi connectivity index (χ2n) is 5.86. The van der Waals surface area contributed by atoms with Gasteiger partial charge < -0.3 is 9.97 Å². The molecule has 5 rings (SSSR count). The summed E-state index contributed by atoms with van der Waals surface area (Å²) in [6.07, 6.45) is 5.61. The molecule has 116 valence electrons. The predicted octanol–water partition coefficient (Wildman–Crippen LogP) is 3.06. The molecule has 2 aliphatic heterocycles. The van der Waals surface area contributed by atoms with Crippen LogP contribution in [0.2, 0.25) is 0 Å². The van der Waals surface area contributed by atoms with Crippen LogP contribution in [0, 0.1) is 0 Å². The summed E-state index contributed by atoms with van der Waals surface area (Å²) in [4.78, 5) is 24.8. The number of aromatic nitrogens is 6. The summed E-state index contributed by atoms with van der Waals surface area (Å²) in [6.45, 7) is 0. The van der Waals surface area contributed by atoms with Crippen molar-refractivity contribution in [1.29, 1.82) is 0 Å². The Kier molecular flexibility index (Phi) is 2.82. The lowest BCUT2D eigenvalue weighted by Crippen LogP contribution is -1.83. The van der Waals surface area contributed by atoms with Crippen LogP contribution in [0.3, 0.4) is 0 Å². The quantitative estimate of drug-likeness (QED) is 0.522. The summed E-state index contributed by atoms with van der Waals surface area (Å²) in [5.41, 5.74) is 5.44. The van der Waals surface area contributed by atoms with Crippen molar-refractivity contribution in [2.45, 2.75) is 12.8 Å². The Bertz CT molecular complexity index is 1030. The minimum atomic E-state index is 0.687. The molecular weight excluding hydrogens is 300 g/mol. The zero-order chi connectivity index (χ0) is 15.9. The van der Waals surface area contributed by atoms with Crippen LogP contribution >= 0.6 is 0 Å². The van der Waals surface area contributed by atoms with Gasteiger partial charge in [-0.25, -0.2) is 19.9 Å². The lowest BCUT2D eigenvalue weighted by Gasteiger charge is -1.85. The SMILES string of the molecule is C1=Cc2nc1cc1ccc(nc3nc(cc4ccc(n2)[nH]4)CC3)[nH]1. The van der Waals surface area contributed by atoms with E-state index >= 15 is 0 Å². The van der Waals surface area contributed by atoms with Crippen LogP contribution in [0.5, 0.6) is 0 Å². The Morgan fingerprint density at radius 1 is 0.708 bits per heavy atom. The van der Waals surface area contributed by atoms with Crippen molar-refractivity contribution in [3.63, 3.8) is 0 Å². The van der Waals surface area contributed by atoms with E-state index in [1.807, 2.05) is 48.6 Å². The summed E-state index contributed by atoms with van der Waals surface area (Å²) in [5, 5.41) is 0. The first kappa shape index (κ1) is 13.2. The molecule has 0 saturated carbocycles.